The van der Waals surface area contributed by atoms with Crippen molar-refractivity contribution in [1.29, 1.82) is 0 Å². The van der Waals surface area contributed by atoms with Gasteiger partial charge >= 0.3 is 6.03 Å². The average molecular weight is 317 g/mol. The highest BCUT2D eigenvalue weighted by atomic mass is 16.2. The Morgan fingerprint density at radius 3 is 2.43 bits per heavy atom. The Morgan fingerprint density at radius 2 is 1.83 bits per heavy atom. The normalized spacial score (nSPS) is 17.5. The molecule has 0 spiro atoms. The quantitative estimate of drug-likeness (QED) is 0.754. The number of urea groups is 1. The zero-order chi connectivity index (χ0) is 16.7. The summed E-state index contributed by atoms with van der Waals surface area (Å²) < 4.78 is 0. The van der Waals surface area contributed by atoms with Gasteiger partial charge in [-0.2, -0.15) is 0 Å². The Labute approximate surface area is 138 Å². The predicted molar refractivity (Wildman–Crippen MR) is 91.3 cm³/mol. The number of amides is 3. The van der Waals surface area contributed by atoms with Crippen molar-refractivity contribution >= 4 is 11.9 Å². The molecule has 0 aliphatic heterocycles. The van der Waals surface area contributed by atoms with Crippen LogP contribution in [0.15, 0.2) is 30.3 Å². The van der Waals surface area contributed by atoms with Crippen LogP contribution in [0.25, 0.3) is 0 Å². The molecule has 5 heteroatoms. The Kier molecular flexibility index (Phi) is 6.16. The maximum Gasteiger partial charge on any atom is 0.321 e. The second-order valence-corrected chi connectivity index (χ2v) is 6.30. The number of carbonyl (C=O) groups excluding carboxylic acids is 2. The molecule has 0 heterocycles. The smallest absolute Gasteiger partial charge is 0.321 e. The van der Waals surface area contributed by atoms with Crippen LogP contribution in [-0.4, -0.2) is 31.1 Å². The van der Waals surface area contributed by atoms with Crippen molar-refractivity contribution in [3.8, 4) is 0 Å². The summed E-state index contributed by atoms with van der Waals surface area (Å²) in [5.74, 6) is -0.294. The van der Waals surface area contributed by atoms with E-state index in [-0.39, 0.29) is 11.3 Å². The summed E-state index contributed by atoms with van der Waals surface area (Å²) >= 11 is 0. The van der Waals surface area contributed by atoms with Crippen LogP contribution in [0.1, 0.15) is 45.1 Å². The summed E-state index contributed by atoms with van der Waals surface area (Å²) in [4.78, 5) is 23.5. The van der Waals surface area contributed by atoms with Gasteiger partial charge in [-0.05, 0) is 32.3 Å². The lowest BCUT2D eigenvalue weighted by Gasteiger charge is -2.31. The van der Waals surface area contributed by atoms with E-state index >= 15 is 0 Å². The van der Waals surface area contributed by atoms with Gasteiger partial charge in [-0.1, -0.05) is 43.2 Å². The maximum atomic E-state index is 12.0. The van der Waals surface area contributed by atoms with E-state index in [1.165, 1.54) is 18.4 Å². The number of benzene rings is 1. The number of carbonyl (C=O) groups is 2. The van der Waals surface area contributed by atoms with Gasteiger partial charge in [0, 0.05) is 18.5 Å². The predicted octanol–water partition coefficient (Wildman–Crippen LogP) is 2.32. The van der Waals surface area contributed by atoms with Crippen molar-refractivity contribution in [3.63, 3.8) is 0 Å². The van der Waals surface area contributed by atoms with Crippen LogP contribution in [0.5, 0.6) is 0 Å². The van der Waals surface area contributed by atoms with E-state index in [4.69, 9.17) is 0 Å². The highest BCUT2D eigenvalue weighted by molar-refractivity contribution is 5.96. The van der Waals surface area contributed by atoms with Crippen LogP contribution < -0.4 is 16.0 Å². The van der Waals surface area contributed by atoms with Crippen LogP contribution in [0.4, 0.5) is 4.79 Å². The summed E-state index contributed by atoms with van der Waals surface area (Å²) in [5.41, 5.74) is 1.43. The van der Waals surface area contributed by atoms with E-state index in [0.29, 0.717) is 6.54 Å². The van der Waals surface area contributed by atoms with E-state index in [1.54, 1.807) is 6.92 Å². The monoisotopic (exact) mass is 317 g/mol. The maximum absolute atomic E-state index is 12.0. The van der Waals surface area contributed by atoms with E-state index in [1.807, 2.05) is 13.0 Å². The molecule has 2 rings (SSSR count). The molecule has 1 saturated carbocycles. The molecule has 0 aromatic heterocycles. The molecule has 1 atom stereocenters. The van der Waals surface area contributed by atoms with Crippen molar-refractivity contribution in [2.24, 2.45) is 0 Å². The standard InChI is InChI=1S/C18H27N3O2/c1-3-19-17(23)21-16(22)14(2)20-13-18(11-7-8-12-18)15-9-5-4-6-10-15/h4-6,9-10,14,20H,3,7-8,11-13H2,1-2H3,(H2,19,21,22,23). The molecule has 1 fully saturated rings. The van der Waals surface area contributed by atoms with Crippen molar-refractivity contribution in [2.75, 3.05) is 13.1 Å². The third-order valence-electron chi connectivity index (χ3n) is 4.66. The molecule has 0 radical (unpaired) electrons. The fourth-order valence-electron chi connectivity index (χ4n) is 3.28. The van der Waals surface area contributed by atoms with Gasteiger partial charge in [0.15, 0.2) is 0 Å². The molecule has 1 aromatic rings. The molecular formula is C18H27N3O2. The molecule has 1 aliphatic carbocycles. The van der Waals surface area contributed by atoms with E-state index in [0.717, 1.165) is 19.4 Å². The molecule has 5 nitrogen and oxygen atoms in total. The largest absolute Gasteiger partial charge is 0.338 e. The second-order valence-electron chi connectivity index (χ2n) is 6.30. The number of imide groups is 1. The summed E-state index contributed by atoms with van der Waals surface area (Å²) in [7, 11) is 0. The lowest BCUT2D eigenvalue weighted by Crippen LogP contribution is -2.50. The minimum absolute atomic E-state index is 0.0987. The van der Waals surface area contributed by atoms with E-state index in [2.05, 4.69) is 40.2 Å². The Morgan fingerprint density at radius 1 is 1.17 bits per heavy atom. The first kappa shape index (κ1) is 17.5. The van der Waals surface area contributed by atoms with Gasteiger partial charge in [0.1, 0.15) is 0 Å². The fourth-order valence-corrected chi connectivity index (χ4v) is 3.28. The number of hydrogen-bond acceptors (Lipinski definition) is 3. The van der Waals surface area contributed by atoms with Crippen molar-refractivity contribution < 1.29 is 9.59 Å². The summed E-state index contributed by atoms with van der Waals surface area (Å²) in [6.07, 6.45) is 4.70. The van der Waals surface area contributed by atoms with Crippen molar-refractivity contribution in [2.45, 2.75) is 51.0 Å². The third-order valence-corrected chi connectivity index (χ3v) is 4.66. The topological polar surface area (TPSA) is 70.2 Å². The van der Waals surface area contributed by atoms with Gasteiger partial charge in [-0.3, -0.25) is 10.1 Å². The first-order valence-corrected chi connectivity index (χ1v) is 8.45. The Bertz CT molecular complexity index is 524. The van der Waals surface area contributed by atoms with Gasteiger partial charge in [-0.25, -0.2) is 4.79 Å². The summed E-state index contributed by atoms with van der Waals surface area (Å²) in [6.45, 7) is 4.86. The molecular weight excluding hydrogens is 290 g/mol. The van der Waals surface area contributed by atoms with Crippen LogP contribution in [0, 0.1) is 0 Å². The van der Waals surface area contributed by atoms with Gasteiger partial charge in [0.2, 0.25) is 5.91 Å². The number of hydrogen-bond donors (Lipinski definition) is 3. The first-order chi connectivity index (χ1) is 11.1. The first-order valence-electron chi connectivity index (χ1n) is 8.45. The second kappa shape index (κ2) is 8.11. The van der Waals surface area contributed by atoms with E-state index in [9.17, 15) is 9.59 Å². The SMILES string of the molecule is CCNC(=O)NC(=O)C(C)NCC1(c2ccccc2)CCCC1. The van der Waals surface area contributed by atoms with Crippen molar-refractivity contribution in [1.82, 2.24) is 16.0 Å². The summed E-state index contributed by atoms with van der Waals surface area (Å²) in [6, 6.07) is 9.67. The van der Waals surface area contributed by atoms with Gasteiger partial charge in [-0.15, -0.1) is 0 Å². The highest BCUT2D eigenvalue weighted by Gasteiger charge is 2.35. The lowest BCUT2D eigenvalue weighted by atomic mass is 9.78. The fraction of sp³-hybridized carbons (Fsp3) is 0.556. The molecule has 23 heavy (non-hydrogen) atoms. The van der Waals surface area contributed by atoms with Crippen LogP contribution in [0.2, 0.25) is 0 Å². The minimum Gasteiger partial charge on any atom is -0.338 e. The molecule has 126 valence electrons. The number of rotatable bonds is 6. The molecule has 0 saturated heterocycles. The molecule has 1 aliphatic rings. The molecule has 3 N–H and O–H groups in total. The van der Waals surface area contributed by atoms with Crippen LogP contribution in [0.3, 0.4) is 0 Å². The zero-order valence-corrected chi connectivity index (χ0v) is 14.0. The average Bonchev–Trinajstić information content (AvgIpc) is 3.03. The van der Waals surface area contributed by atoms with E-state index < -0.39 is 12.1 Å². The number of nitrogens with one attached hydrogen (secondary N) is 3. The van der Waals surface area contributed by atoms with Crippen LogP contribution >= 0.6 is 0 Å². The third kappa shape index (κ3) is 4.55. The van der Waals surface area contributed by atoms with Gasteiger partial charge < -0.3 is 10.6 Å². The van der Waals surface area contributed by atoms with Gasteiger partial charge in [0.05, 0.1) is 6.04 Å². The molecule has 0 bridgehead atoms. The molecule has 1 aromatic carbocycles. The zero-order valence-electron chi connectivity index (χ0n) is 14.0. The molecule has 1 unspecified atom stereocenters. The molecule has 3 amide bonds. The highest BCUT2D eigenvalue weighted by Crippen LogP contribution is 2.40. The van der Waals surface area contributed by atoms with Crippen LogP contribution in [-0.2, 0) is 10.2 Å². The minimum atomic E-state index is -0.440. The van der Waals surface area contributed by atoms with Crippen molar-refractivity contribution in [3.05, 3.63) is 35.9 Å². The van der Waals surface area contributed by atoms with Gasteiger partial charge in [0.25, 0.3) is 0 Å². The summed E-state index contributed by atoms with van der Waals surface area (Å²) in [5, 5.41) is 8.24. The Hall–Kier alpha value is -1.88. The lowest BCUT2D eigenvalue weighted by molar-refractivity contribution is -0.121. The Balaban J connectivity index is 1.94.